The molecule has 0 radical (unpaired) electrons. The van der Waals surface area contributed by atoms with E-state index in [-0.39, 0.29) is 18.4 Å². The third-order valence-corrected chi connectivity index (χ3v) is 5.78. The number of anilines is 1. The summed E-state index contributed by atoms with van der Waals surface area (Å²) in [6.45, 7) is 4.00. The molecule has 10 heteroatoms. The number of hydrogen-bond donors (Lipinski definition) is 1. The van der Waals surface area contributed by atoms with Gasteiger partial charge >= 0.3 is 12.4 Å². The van der Waals surface area contributed by atoms with Gasteiger partial charge in [-0.1, -0.05) is 31.8 Å². The molecule has 2 amide bonds. The van der Waals surface area contributed by atoms with E-state index in [1.807, 2.05) is 6.08 Å². The van der Waals surface area contributed by atoms with Crippen LogP contribution in [0.15, 0.2) is 30.9 Å². The second-order valence-electron chi connectivity index (χ2n) is 8.48. The Morgan fingerprint density at radius 1 is 0.941 bits per heavy atom. The fourth-order valence-corrected chi connectivity index (χ4v) is 4.01. The van der Waals surface area contributed by atoms with E-state index < -0.39 is 41.1 Å². The van der Waals surface area contributed by atoms with Crippen molar-refractivity contribution in [3.8, 4) is 0 Å². The third kappa shape index (κ3) is 8.36. The summed E-state index contributed by atoms with van der Waals surface area (Å²) >= 11 is 0. The van der Waals surface area contributed by atoms with E-state index in [2.05, 4.69) is 11.9 Å². The number of carbonyl (C=O) groups excluding carboxylic acids is 2. The molecule has 1 N–H and O–H groups in total. The molecule has 0 bridgehead atoms. The lowest BCUT2D eigenvalue weighted by molar-refractivity contribution is -0.143. The maximum atomic E-state index is 13.1. The lowest BCUT2D eigenvalue weighted by Crippen LogP contribution is -2.43. The lowest BCUT2D eigenvalue weighted by Gasteiger charge is -2.24. The van der Waals surface area contributed by atoms with E-state index in [4.69, 9.17) is 0 Å². The number of allylic oxidation sites excluding steroid dienone is 1. The topological polar surface area (TPSA) is 49.4 Å². The summed E-state index contributed by atoms with van der Waals surface area (Å²) in [4.78, 5) is 26.6. The molecule has 0 aromatic heterocycles. The van der Waals surface area contributed by atoms with Gasteiger partial charge in [0.05, 0.1) is 11.1 Å². The molecule has 1 heterocycles. The zero-order valence-corrected chi connectivity index (χ0v) is 18.9. The maximum absolute atomic E-state index is 13.1. The largest absolute Gasteiger partial charge is 0.416 e. The van der Waals surface area contributed by atoms with Gasteiger partial charge in [0.25, 0.3) is 0 Å². The van der Waals surface area contributed by atoms with E-state index in [0.717, 1.165) is 38.5 Å². The van der Waals surface area contributed by atoms with Crippen molar-refractivity contribution in [1.82, 2.24) is 4.90 Å². The van der Waals surface area contributed by atoms with Gasteiger partial charge in [-0.2, -0.15) is 26.3 Å². The minimum Gasteiger partial charge on any atom is -0.331 e. The highest BCUT2D eigenvalue weighted by molar-refractivity contribution is 5.97. The quantitative estimate of drug-likeness (QED) is 0.206. The number of halogens is 6. The van der Waals surface area contributed by atoms with Crippen molar-refractivity contribution in [1.29, 1.82) is 0 Å². The molecular formula is C24H30F6N2O2. The number of likely N-dealkylation sites (tertiary alicyclic amines) is 1. The number of alkyl halides is 6. The second-order valence-corrected chi connectivity index (χ2v) is 8.48. The normalized spacial score (nSPS) is 16.5. The maximum Gasteiger partial charge on any atom is 0.416 e. The summed E-state index contributed by atoms with van der Waals surface area (Å²) in [5, 5.41) is 2.15. The molecule has 1 aromatic rings. The molecule has 190 valence electrons. The molecule has 4 nitrogen and oxygen atoms in total. The Morgan fingerprint density at radius 2 is 1.50 bits per heavy atom. The first kappa shape index (κ1) is 27.7. The van der Waals surface area contributed by atoms with E-state index >= 15 is 0 Å². The number of nitrogens with zero attached hydrogens (tertiary/aromatic N) is 1. The first-order valence-electron chi connectivity index (χ1n) is 11.4. The number of carbonyl (C=O) groups is 2. The van der Waals surface area contributed by atoms with Crippen molar-refractivity contribution >= 4 is 17.5 Å². The fourth-order valence-electron chi connectivity index (χ4n) is 4.01. The summed E-state index contributed by atoms with van der Waals surface area (Å²) in [7, 11) is 0. The van der Waals surface area contributed by atoms with Crippen LogP contribution in [0.25, 0.3) is 0 Å². The van der Waals surface area contributed by atoms with E-state index in [1.54, 1.807) is 0 Å². The van der Waals surface area contributed by atoms with Gasteiger partial charge in [0.2, 0.25) is 11.8 Å². The van der Waals surface area contributed by atoms with Crippen molar-refractivity contribution < 1.29 is 35.9 Å². The fraction of sp³-hybridized carbons (Fsp3) is 0.583. The van der Waals surface area contributed by atoms with Gasteiger partial charge in [-0.3, -0.25) is 9.59 Å². The molecule has 1 atom stereocenters. The minimum atomic E-state index is -5.01. The molecule has 0 spiro atoms. The monoisotopic (exact) mass is 492 g/mol. The zero-order valence-electron chi connectivity index (χ0n) is 18.9. The van der Waals surface area contributed by atoms with Gasteiger partial charge in [0.15, 0.2) is 0 Å². The molecule has 1 saturated heterocycles. The molecule has 1 aromatic carbocycles. The smallest absolute Gasteiger partial charge is 0.331 e. The number of nitrogens with one attached hydrogen (secondary N) is 1. The van der Waals surface area contributed by atoms with Crippen LogP contribution in [-0.4, -0.2) is 29.3 Å². The molecule has 0 saturated carbocycles. The van der Waals surface area contributed by atoms with E-state index in [0.29, 0.717) is 37.9 Å². The molecule has 2 rings (SSSR count). The minimum absolute atomic E-state index is 0.000513. The zero-order chi connectivity index (χ0) is 25.4. The molecule has 1 fully saturated rings. The number of hydrogen-bond acceptors (Lipinski definition) is 2. The van der Waals surface area contributed by atoms with Crippen molar-refractivity contribution in [3.05, 3.63) is 42.0 Å². The molecule has 34 heavy (non-hydrogen) atoms. The number of rotatable bonds is 11. The van der Waals surface area contributed by atoms with Crippen LogP contribution in [0.5, 0.6) is 0 Å². The lowest BCUT2D eigenvalue weighted by atomic mass is 10.1. The Morgan fingerprint density at radius 3 is 2.06 bits per heavy atom. The highest BCUT2D eigenvalue weighted by Crippen LogP contribution is 2.37. The van der Waals surface area contributed by atoms with Gasteiger partial charge in [0, 0.05) is 18.7 Å². The highest BCUT2D eigenvalue weighted by atomic mass is 19.4. The Labute approximate surface area is 195 Å². The average Bonchev–Trinajstić information content (AvgIpc) is 3.24. The molecular weight excluding hydrogens is 462 g/mol. The number of benzene rings is 1. The van der Waals surface area contributed by atoms with Gasteiger partial charge in [-0.25, -0.2) is 0 Å². The summed E-state index contributed by atoms with van der Waals surface area (Å²) < 4.78 is 78.3. The number of unbranched alkanes of at least 4 members (excludes halogenated alkanes) is 6. The van der Waals surface area contributed by atoms with Crippen molar-refractivity contribution in [2.45, 2.75) is 82.6 Å². The van der Waals surface area contributed by atoms with Gasteiger partial charge in [-0.05, 0) is 50.3 Å². The second kappa shape index (κ2) is 12.3. The molecule has 1 aliphatic rings. The average molecular weight is 493 g/mol. The molecule has 0 aliphatic carbocycles. The van der Waals surface area contributed by atoms with Crippen molar-refractivity contribution in [2.75, 3.05) is 11.9 Å². The van der Waals surface area contributed by atoms with Crippen LogP contribution >= 0.6 is 0 Å². The van der Waals surface area contributed by atoms with Gasteiger partial charge in [-0.15, -0.1) is 6.58 Å². The Bertz CT molecular complexity index is 819. The SMILES string of the molecule is C=CCCCCCCCCC(=O)N1CCCC1C(=O)Nc1cc(C(F)(F)F)cc(C(F)(F)F)c1. The summed E-state index contributed by atoms with van der Waals surface area (Å²) in [5.41, 5.74) is -3.63. The van der Waals surface area contributed by atoms with E-state index in [9.17, 15) is 35.9 Å². The third-order valence-electron chi connectivity index (χ3n) is 5.78. The van der Waals surface area contributed by atoms with E-state index in [1.165, 1.54) is 4.90 Å². The van der Waals surface area contributed by atoms with Gasteiger partial charge in [0.1, 0.15) is 6.04 Å². The van der Waals surface area contributed by atoms with Crippen LogP contribution in [0.3, 0.4) is 0 Å². The summed E-state index contributed by atoms with van der Waals surface area (Å²) in [5.74, 6) is -1.02. The van der Waals surface area contributed by atoms with Crippen LogP contribution in [0.2, 0.25) is 0 Å². The summed E-state index contributed by atoms with van der Waals surface area (Å²) in [6.07, 6.45) is -0.319. The van der Waals surface area contributed by atoms with Gasteiger partial charge < -0.3 is 10.2 Å². The van der Waals surface area contributed by atoms with Crippen LogP contribution < -0.4 is 5.32 Å². The first-order valence-corrected chi connectivity index (χ1v) is 11.4. The Kier molecular flexibility index (Phi) is 10.00. The van der Waals surface area contributed by atoms with Crippen LogP contribution in [0.1, 0.15) is 75.3 Å². The highest BCUT2D eigenvalue weighted by Gasteiger charge is 2.38. The first-order chi connectivity index (χ1) is 15.9. The van der Waals surface area contributed by atoms with Crippen LogP contribution in [0.4, 0.5) is 32.0 Å². The predicted octanol–water partition coefficient (Wildman–Crippen LogP) is 6.96. The van der Waals surface area contributed by atoms with Crippen molar-refractivity contribution in [3.63, 3.8) is 0 Å². The van der Waals surface area contributed by atoms with Crippen LogP contribution in [-0.2, 0) is 21.9 Å². The predicted molar refractivity (Wildman–Crippen MR) is 117 cm³/mol. The van der Waals surface area contributed by atoms with Crippen molar-refractivity contribution in [2.24, 2.45) is 0 Å². The molecule has 1 aliphatic heterocycles. The summed E-state index contributed by atoms with van der Waals surface area (Å²) in [6, 6.07) is 0.00271. The number of amides is 2. The Balaban J connectivity index is 1.96. The standard InChI is InChI=1S/C24H30F6N2O2/c1-2-3-4-5-6-7-8-9-12-21(33)32-13-10-11-20(32)22(34)31-19-15-17(23(25,26)27)14-18(16-19)24(28,29)30/h2,14-16,20H,1,3-13H2,(H,31,34). The van der Waals surface area contributed by atoms with Crippen LogP contribution in [0, 0.1) is 0 Å². The Hall–Kier alpha value is -2.52. The molecule has 1 unspecified atom stereocenters.